The highest BCUT2D eigenvalue weighted by molar-refractivity contribution is 5.84. The van der Waals surface area contributed by atoms with Crippen molar-refractivity contribution < 1.29 is 0 Å². The van der Waals surface area contributed by atoms with Crippen LogP contribution in [0.5, 0.6) is 0 Å². The lowest BCUT2D eigenvalue weighted by molar-refractivity contribution is 0.864. The first-order valence-corrected chi connectivity index (χ1v) is 6.95. The van der Waals surface area contributed by atoms with E-state index in [4.69, 9.17) is 0 Å². The van der Waals surface area contributed by atoms with Gasteiger partial charge in [-0.25, -0.2) is 4.98 Å². The summed E-state index contributed by atoms with van der Waals surface area (Å²) in [6.45, 7) is 6.26. The largest absolute Gasteiger partial charge is 0.353 e. The maximum Gasteiger partial charge on any atom is 0.207 e. The zero-order valence-electron chi connectivity index (χ0n) is 12.1. The minimum atomic E-state index is 0.357. The lowest BCUT2D eigenvalue weighted by atomic mass is 10.1. The molecule has 0 bridgehead atoms. The average Bonchev–Trinajstić information content (AvgIpc) is 2.78. The Balaban J connectivity index is 2.10. The first-order valence-electron chi connectivity index (χ1n) is 6.95. The molecule has 1 aromatic heterocycles. The highest BCUT2D eigenvalue weighted by Crippen LogP contribution is 2.22. The number of nitrogens with zero attached hydrogens (tertiary/aromatic N) is 2. The van der Waals surface area contributed by atoms with Crippen LogP contribution in [-0.2, 0) is 0 Å². The van der Waals surface area contributed by atoms with Crippen molar-refractivity contribution in [1.82, 2.24) is 9.55 Å². The van der Waals surface area contributed by atoms with E-state index in [2.05, 4.69) is 77.4 Å². The summed E-state index contributed by atoms with van der Waals surface area (Å²) in [5.41, 5.74) is 2.15. The molecule has 2 aromatic carbocycles. The summed E-state index contributed by atoms with van der Waals surface area (Å²) in [6.07, 6.45) is 2.06. The van der Waals surface area contributed by atoms with Crippen LogP contribution in [0.4, 0.5) is 5.95 Å². The molecule has 0 saturated heterocycles. The highest BCUT2D eigenvalue weighted by Gasteiger charge is 2.08. The normalized spacial score (nSPS) is 11.2. The fourth-order valence-corrected chi connectivity index (χ4v) is 2.38. The summed E-state index contributed by atoms with van der Waals surface area (Å²) in [6, 6.07) is 15.2. The molecule has 0 atom stereocenters. The van der Waals surface area contributed by atoms with Gasteiger partial charge in [0, 0.05) is 17.9 Å². The van der Waals surface area contributed by atoms with Gasteiger partial charge in [0.25, 0.3) is 0 Å². The predicted molar refractivity (Wildman–Crippen MR) is 84.6 cm³/mol. The second kappa shape index (κ2) is 5.00. The van der Waals surface area contributed by atoms with Crippen molar-refractivity contribution in [2.75, 3.05) is 5.32 Å². The molecule has 0 spiro atoms. The van der Waals surface area contributed by atoms with Crippen molar-refractivity contribution in [2.24, 2.45) is 0 Å². The zero-order chi connectivity index (χ0) is 14.1. The van der Waals surface area contributed by atoms with Crippen molar-refractivity contribution in [1.29, 1.82) is 0 Å². The smallest absolute Gasteiger partial charge is 0.207 e. The number of anilines is 1. The van der Waals surface area contributed by atoms with Crippen LogP contribution in [0.25, 0.3) is 16.5 Å². The molecule has 0 aliphatic heterocycles. The number of nitrogens with one attached hydrogen (secondary N) is 1. The Morgan fingerprint density at radius 3 is 2.55 bits per heavy atom. The third kappa shape index (κ3) is 2.39. The summed E-state index contributed by atoms with van der Waals surface area (Å²) >= 11 is 0. The summed E-state index contributed by atoms with van der Waals surface area (Å²) in [5.74, 6) is 0.896. The molecule has 0 saturated carbocycles. The van der Waals surface area contributed by atoms with Crippen molar-refractivity contribution in [3.05, 3.63) is 54.4 Å². The van der Waals surface area contributed by atoms with Gasteiger partial charge in [0.05, 0.1) is 5.69 Å². The van der Waals surface area contributed by atoms with Crippen LogP contribution in [0.15, 0.2) is 48.7 Å². The lowest BCUT2D eigenvalue weighted by Crippen LogP contribution is -2.13. The minimum absolute atomic E-state index is 0.357. The summed E-state index contributed by atoms with van der Waals surface area (Å²) in [4.78, 5) is 4.56. The number of benzene rings is 2. The van der Waals surface area contributed by atoms with Crippen LogP contribution in [0.2, 0.25) is 0 Å². The Hall–Kier alpha value is -2.29. The monoisotopic (exact) mass is 265 g/mol. The zero-order valence-corrected chi connectivity index (χ0v) is 12.1. The van der Waals surface area contributed by atoms with E-state index in [1.807, 2.05) is 6.92 Å². The molecule has 0 aliphatic rings. The van der Waals surface area contributed by atoms with E-state index >= 15 is 0 Å². The Kier molecular flexibility index (Phi) is 3.18. The molecule has 0 radical (unpaired) electrons. The molecular weight excluding hydrogens is 246 g/mol. The molecule has 0 aliphatic carbocycles. The average molecular weight is 265 g/mol. The highest BCUT2D eigenvalue weighted by atomic mass is 15.2. The molecule has 1 heterocycles. The molecule has 3 rings (SSSR count). The van der Waals surface area contributed by atoms with Gasteiger partial charge in [-0.1, -0.05) is 30.3 Å². The van der Waals surface area contributed by atoms with Crippen LogP contribution in [0, 0.1) is 6.92 Å². The van der Waals surface area contributed by atoms with Gasteiger partial charge in [-0.05, 0) is 43.7 Å². The van der Waals surface area contributed by atoms with Crippen molar-refractivity contribution in [3.8, 4) is 5.69 Å². The number of hydrogen-bond donors (Lipinski definition) is 1. The van der Waals surface area contributed by atoms with Gasteiger partial charge >= 0.3 is 0 Å². The molecule has 0 amide bonds. The maximum atomic E-state index is 4.56. The van der Waals surface area contributed by atoms with Crippen LogP contribution in [-0.4, -0.2) is 15.6 Å². The summed E-state index contributed by atoms with van der Waals surface area (Å²) < 4.78 is 2.11. The first-order chi connectivity index (χ1) is 9.63. The Morgan fingerprint density at radius 2 is 1.80 bits per heavy atom. The fourth-order valence-electron chi connectivity index (χ4n) is 2.38. The van der Waals surface area contributed by atoms with Crippen molar-refractivity contribution in [2.45, 2.75) is 26.8 Å². The number of fused-ring (bicyclic) bond motifs is 1. The third-order valence-corrected chi connectivity index (χ3v) is 3.26. The molecule has 3 nitrogen and oxygen atoms in total. The lowest BCUT2D eigenvalue weighted by Gasteiger charge is -2.12. The molecule has 3 aromatic rings. The number of aryl methyl sites for hydroxylation is 1. The summed E-state index contributed by atoms with van der Waals surface area (Å²) in [5, 5.41) is 5.89. The topological polar surface area (TPSA) is 29.9 Å². The van der Waals surface area contributed by atoms with Crippen LogP contribution in [0.1, 0.15) is 19.5 Å². The number of rotatable bonds is 3. The second-order valence-corrected chi connectivity index (χ2v) is 5.41. The predicted octanol–water partition coefficient (Wildman–Crippen LogP) is 4.15. The molecule has 1 N–H and O–H groups in total. The maximum absolute atomic E-state index is 4.56. The van der Waals surface area contributed by atoms with Gasteiger partial charge in [-0.15, -0.1) is 0 Å². The Morgan fingerprint density at radius 1 is 1.05 bits per heavy atom. The first kappa shape index (κ1) is 12.7. The second-order valence-electron chi connectivity index (χ2n) is 5.41. The van der Waals surface area contributed by atoms with E-state index in [1.165, 1.54) is 10.8 Å². The van der Waals surface area contributed by atoms with Crippen molar-refractivity contribution in [3.63, 3.8) is 0 Å². The fraction of sp³-hybridized carbons (Fsp3) is 0.235. The molecular formula is C17H19N3. The van der Waals surface area contributed by atoms with Gasteiger partial charge in [0.1, 0.15) is 0 Å². The van der Waals surface area contributed by atoms with E-state index < -0.39 is 0 Å². The summed E-state index contributed by atoms with van der Waals surface area (Å²) in [7, 11) is 0. The molecule has 3 heteroatoms. The van der Waals surface area contributed by atoms with E-state index in [9.17, 15) is 0 Å². The molecule has 20 heavy (non-hydrogen) atoms. The number of hydrogen-bond acceptors (Lipinski definition) is 2. The molecule has 0 unspecified atom stereocenters. The van der Waals surface area contributed by atoms with Gasteiger partial charge < -0.3 is 5.32 Å². The van der Waals surface area contributed by atoms with E-state index in [1.54, 1.807) is 0 Å². The van der Waals surface area contributed by atoms with Gasteiger partial charge in [-0.3, -0.25) is 4.57 Å². The number of imidazole rings is 1. The SMILES string of the molecule is Cc1cn(-c2ccc3ccccc3c2)c(NC(C)C)n1. The van der Waals surface area contributed by atoms with Crippen molar-refractivity contribution >= 4 is 16.7 Å². The molecule has 0 fully saturated rings. The van der Waals surface area contributed by atoms with Crippen LogP contribution < -0.4 is 5.32 Å². The van der Waals surface area contributed by atoms with Gasteiger partial charge in [0.15, 0.2) is 0 Å². The van der Waals surface area contributed by atoms with Gasteiger partial charge in [0.2, 0.25) is 5.95 Å². The van der Waals surface area contributed by atoms with Gasteiger partial charge in [-0.2, -0.15) is 0 Å². The quantitative estimate of drug-likeness (QED) is 0.770. The van der Waals surface area contributed by atoms with E-state index in [0.29, 0.717) is 6.04 Å². The standard InChI is InChI=1S/C17H19N3/c1-12(2)18-17-19-13(3)11-20(17)16-9-8-14-6-4-5-7-15(14)10-16/h4-12H,1-3H3,(H,18,19). The molecule has 102 valence electrons. The minimum Gasteiger partial charge on any atom is -0.353 e. The number of aromatic nitrogens is 2. The third-order valence-electron chi connectivity index (χ3n) is 3.26. The Labute approximate surface area is 119 Å². The van der Waals surface area contributed by atoms with E-state index in [-0.39, 0.29) is 0 Å². The van der Waals surface area contributed by atoms with Crippen LogP contribution in [0.3, 0.4) is 0 Å². The van der Waals surface area contributed by atoms with E-state index in [0.717, 1.165) is 17.3 Å². The Bertz CT molecular complexity index is 741. The van der Waals surface area contributed by atoms with Crippen LogP contribution >= 0.6 is 0 Å².